The zero-order valence-electron chi connectivity index (χ0n) is 18.0. The number of nitrogens with one attached hydrogen (secondary N) is 1. The molecule has 0 aliphatic carbocycles. The van der Waals surface area contributed by atoms with Gasteiger partial charge in [0.15, 0.2) is 5.16 Å². The Balaban J connectivity index is 1.54. The number of para-hydroxylation sites is 1. The smallest absolute Gasteiger partial charge is 0.243 e. The van der Waals surface area contributed by atoms with Crippen molar-refractivity contribution in [2.45, 2.75) is 32.0 Å². The van der Waals surface area contributed by atoms with E-state index in [0.717, 1.165) is 29.1 Å². The van der Waals surface area contributed by atoms with E-state index in [1.807, 2.05) is 73.0 Å². The number of hydrogen-bond donors (Lipinski definition) is 1. The number of aromatic nitrogens is 3. The quantitative estimate of drug-likeness (QED) is 0.519. The molecule has 0 bridgehead atoms. The van der Waals surface area contributed by atoms with Crippen LogP contribution in [0.25, 0.3) is 0 Å². The van der Waals surface area contributed by atoms with Crippen LogP contribution < -0.4 is 5.32 Å². The number of aryl methyl sites for hydroxylation is 2. The van der Waals surface area contributed by atoms with Gasteiger partial charge in [0.2, 0.25) is 11.8 Å². The van der Waals surface area contributed by atoms with Crippen LogP contribution in [0, 0.1) is 6.92 Å². The SMILES string of the molecule is CCc1ccccc1NC(=O)CN(C)C(=O)CSc1nnc(C)n1Cc1ccccc1. The van der Waals surface area contributed by atoms with Crippen molar-refractivity contribution in [3.8, 4) is 0 Å². The summed E-state index contributed by atoms with van der Waals surface area (Å²) >= 11 is 1.33. The number of carbonyl (C=O) groups excluding carboxylic acids is 2. The fourth-order valence-electron chi connectivity index (χ4n) is 3.10. The van der Waals surface area contributed by atoms with Gasteiger partial charge in [0.1, 0.15) is 5.82 Å². The lowest BCUT2D eigenvalue weighted by atomic mass is 10.1. The van der Waals surface area contributed by atoms with Crippen molar-refractivity contribution in [1.29, 1.82) is 0 Å². The Morgan fingerprint density at radius 1 is 1.06 bits per heavy atom. The summed E-state index contributed by atoms with van der Waals surface area (Å²) in [5, 5.41) is 11.9. The number of benzene rings is 2. The summed E-state index contributed by atoms with van der Waals surface area (Å²) in [5.41, 5.74) is 2.99. The van der Waals surface area contributed by atoms with Gasteiger partial charge >= 0.3 is 0 Å². The zero-order valence-corrected chi connectivity index (χ0v) is 18.9. The number of nitrogens with zero attached hydrogens (tertiary/aromatic N) is 4. The fraction of sp³-hybridized carbons (Fsp3) is 0.304. The average molecular weight is 438 g/mol. The van der Waals surface area contributed by atoms with E-state index >= 15 is 0 Å². The molecule has 3 rings (SSSR count). The maximum absolute atomic E-state index is 12.6. The molecule has 162 valence electrons. The lowest BCUT2D eigenvalue weighted by Crippen LogP contribution is -2.36. The molecule has 7 nitrogen and oxygen atoms in total. The third-order valence-corrected chi connectivity index (χ3v) is 5.84. The first-order chi connectivity index (χ1) is 15.0. The largest absolute Gasteiger partial charge is 0.336 e. The maximum atomic E-state index is 12.6. The van der Waals surface area contributed by atoms with Crippen LogP contribution in [0.1, 0.15) is 23.9 Å². The van der Waals surface area contributed by atoms with Crippen molar-refractivity contribution >= 4 is 29.3 Å². The number of rotatable bonds is 9. The minimum atomic E-state index is -0.218. The molecule has 2 aromatic carbocycles. The number of anilines is 1. The van der Waals surface area contributed by atoms with Gasteiger partial charge in [-0.25, -0.2) is 0 Å². The Hall–Kier alpha value is -3.13. The molecule has 2 amide bonds. The maximum Gasteiger partial charge on any atom is 0.243 e. The van der Waals surface area contributed by atoms with Crippen LogP contribution in [0.4, 0.5) is 5.69 Å². The van der Waals surface area contributed by atoms with Gasteiger partial charge in [0, 0.05) is 12.7 Å². The molecule has 1 heterocycles. The van der Waals surface area contributed by atoms with Crippen molar-refractivity contribution in [2.24, 2.45) is 0 Å². The minimum absolute atomic E-state index is 0.00677. The van der Waals surface area contributed by atoms with E-state index < -0.39 is 0 Å². The highest BCUT2D eigenvalue weighted by atomic mass is 32.2. The first-order valence-electron chi connectivity index (χ1n) is 10.2. The highest BCUT2D eigenvalue weighted by Gasteiger charge is 2.17. The summed E-state index contributed by atoms with van der Waals surface area (Å²) in [6.45, 7) is 4.57. The molecule has 0 fully saturated rings. The predicted molar refractivity (Wildman–Crippen MR) is 123 cm³/mol. The molecule has 31 heavy (non-hydrogen) atoms. The Bertz CT molecular complexity index is 1040. The number of carbonyl (C=O) groups is 2. The van der Waals surface area contributed by atoms with Crippen LogP contribution in [0.5, 0.6) is 0 Å². The van der Waals surface area contributed by atoms with Crippen LogP contribution in [-0.2, 0) is 22.6 Å². The first-order valence-corrected chi connectivity index (χ1v) is 11.1. The molecular weight excluding hydrogens is 410 g/mol. The normalized spacial score (nSPS) is 10.7. The van der Waals surface area contributed by atoms with Gasteiger partial charge in [-0.1, -0.05) is 67.2 Å². The van der Waals surface area contributed by atoms with Gasteiger partial charge in [-0.2, -0.15) is 0 Å². The number of thioether (sulfide) groups is 1. The van der Waals surface area contributed by atoms with Crippen LogP contribution in [0.3, 0.4) is 0 Å². The average Bonchev–Trinajstić information content (AvgIpc) is 3.12. The van der Waals surface area contributed by atoms with E-state index in [1.165, 1.54) is 16.7 Å². The van der Waals surface area contributed by atoms with E-state index in [4.69, 9.17) is 0 Å². The van der Waals surface area contributed by atoms with Gasteiger partial charge in [0.05, 0.1) is 18.8 Å². The number of likely N-dealkylation sites (N-methyl/N-ethyl adjacent to an activating group) is 1. The summed E-state index contributed by atoms with van der Waals surface area (Å²) in [4.78, 5) is 26.4. The van der Waals surface area contributed by atoms with Gasteiger partial charge < -0.3 is 14.8 Å². The Morgan fingerprint density at radius 2 is 1.77 bits per heavy atom. The van der Waals surface area contributed by atoms with E-state index in [2.05, 4.69) is 15.5 Å². The monoisotopic (exact) mass is 437 g/mol. The van der Waals surface area contributed by atoms with Gasteiger partial charge in [0.25, 0.3) is 0 Å². The lowest BCUT2D eigenvalue weighted by molar-refractivity contribution is -0.131. The third-order valence-electron chi connectivity index (χ3n) is 4.89. The summed E-state index contributed by atoms with van der Waals surface area (Å²) < 4.78 is 1.99. The summed E-state index contributed by atoms with van der Waals surface area (Å²) in [5.74, 6) is 0.615. The first kappa shape index (κ1) is 22.6. The molecule has 0 aliphatic heterocycles. The topological polar surface area (TPSA) is 80.1 Å². The predicted octanol–water partition coefficient (Wildman–Crippen LogP) is 3.39. The van der Waals surface area contributed by atoms with Gasteiger partial charge in [-0.3, -0.25) is 9.59 Å². The van der Waals surface area contributed by atoms with Gasteiger partial charge in [-0.05, 0) is 30.5 Å². The highest BCUT2D eigenvalue weighted by molar-refractivity contribution is 7.99. The minimum Gasteiger partial charge on any atom is -0.336 e. The molecule has 0 aliphatic rings. The molecule has 8 heteroatoms. The van der Waals surface area contributed by atoms with Crippen molar-refractivity contribution in [1.82, 2.24) is 19.7 Å². The molecule has 0 saturated heterocycles. The van der Waals surface area contributed by atoms with Crippen LogP contribution in [0.2, 0.25) is 0 Å². The Labute approximate surface area is 186 Å². The molecule has 1 N–H and O–H groups in total. The molecule has 0 atom stereocenters. The van der Waals surface area contributed by atoms with Gasteiger partial charge in [-0.15, -0.1) is 10.2 Å². The summed E-state index contributed by atoms with van der Waals surface area (Å²) in [6.07, 6.45) is 0.824. The van der Waals surface area contributed by atoms with Crippen molar-refractivity contribution < 1.29 is 9.59 Å². The second-order valence-corrected chi connectivity index (χ2v) is 8.14. The molecule has 3 aromatic rings. The second-order valence-electron chi connectivity index (χ2n) is 7.20. The highest BCUT2D eigenvalue weighted by Crippen LogP contribution is 2.19. The third kappa shape index (κ3) is 6.18. The van der Waals surface area contributed by atoms with E-state index in [-0.39, 0.29) is 24.1 Å². The standard InChI is InChI=1S/C23H27N5O2S/c1-4-19-12-8-9-13-20(19)24-21(29)15-27(3)22(30)16-31-23-26-25-17(2)28(23)14-18-10-6-5-7-11-18/h5-13H,4,14-16H2,1-3H3,(H,24,29). The number of hydrogen-bond acceptors (Lipinski definition) is 5. The molecule has 0 unspecified atom stereocenters. The molecule has 0 saturated carbocycles. The summed E-state index contributed by atoms with van der Waals surface area (Å²) in [6, 6.07) is 17.7. The molecule has 1 aromatic heterocycles. The molecule has 0 spiro atoms. The fourth-order valence-corrected chi connectivity index (χ4v) is 4.02. The second kappa shape index (κ2) is 10.8. The lowest BCUT2D eigenvalue weighted by Gasteiger charge is -2.17. The zero-order chi connectivity index (χ0) is 22.2. The summed E-state index contributed by atoms with van der Waals surface area (Å²) in [7, 11) is 1.63. The van der Waals surface area contributed by atoms with Crippen LogP contribution in [-0.4, -0.2) is 50.8 Å². The van der Waals surface area contributed by atoms with E-state index in [0.29, 0.717) is 11.7 Å². The molecular formula is C23H27N5O2S. The van der Waals surface area contributed by atoms with E-state index in [1.54, 1.807) is 7.05 Å². The number of amides is 2. The van der Waals surface area contributed by atoms with E-state index in [9.17, 15) is 9.59 Å². The van der Waals surface area contributed by atoms with Crippen molar-refractivity contribution in [3.63, 3.8) is 0 Å². The molecule has 0 radical (unpaired) electrons. The van der Waals surface area contributed by atoms with Crippen molar-refractivity contribution in [2.75, 3.05) is 24.7 Å². The Kier molecular flexibility index (Phi) is 7.83. The van der Waals surface area contributed by atoms with Crippen molar-refractivity contribution in [3.05, 3.63) is 71.5 Å². The van der Waals surface area contributed by atoms with Crippen LogP contribution >= 0.6 is 11.8 Å². The van der Waals surface area contributed by atoms with Crippen LogP contribution in [0.15, 0.2) is 59.8 Å². The Morgan fingerprint density at radius 3 is 2.52 bits per heavy atom.